The summed E-state index contributed by atoms with van der Waals surface area (Å²) in [5, 5.41) is 3.56. The Kier molecular flexibility index (Phi) is 6.17. The van der Waals surface area contributed by atoms with Gasteiger partial charge in [0, 0.05) is 36.9 Å². The highest BCUT2D eigenvalue weighted by Gasteiger charge is 2.49. The lowest BCUT2D eigenvalue weighted by Crippen LogP contribution is -2.51. The summed E-state index contributed by atoms with van der Waals surface area (Å²) in [6, 6.07) is 12.6. The maximum Gasteiger partial charge on any atom is 0.326 e. The maximum atomic E-state index is 13.3. The molecular formula is C23H27ClN4O4. The normalized spacial score (nSPS) is 21.6. The number of hydrogen-bond donors (Lipinski definition) is 1. The minimum absolute atomic E-state index is 0.247. The Labute approximate surface area is 192 Å². The number of nitrogens with zero attached hydrogens (tertiary/aromatic N) is 3. The third-order valence-electron chi connectivity index (χ3n) is 6.12. The molecule has 2 heterocycles. The monoisotopic (exact) mass is 458 g/mol. The van der Waals surface area contributed by atoms with Gasteiger partial charge in [-0.25, -0.2) is 9.69 Å². The van der Waals surface area contributed by atoms with Gasteiger partial charge in [0.2, 0.25) is 0 Å². The number of amides is 3. The van der Waals surface area contributed by atoms with Crippen LogP contribution in [0, 0.1) is 0 Å². The molecule has 0 radical (unpaired) electrons. The highest BCUT2D eigenvalue weighted by Crippen LogP contribution is 2.35. The van der Waals surface area contributed by atoms with Gasteiger partial charge in [-0.3, -0.25) is 9.69 Å². The summed E-state index contributed by atoms with van der Waals surface area (Å²) in [6.07, 6.45) is 0. The Morgan fingerprint density at radius 1 is 1.00 bits per heavy atom. The van der Waals surface area contributed by atoms with Crippen molar-refractivity contribution in [3.05, 3.63) is 53.1 Å². The zero-order chi connectivity index (χ0) is 22.9. The van der Waals surface area contributed by atoms with Gasteiger partial charge in [-0.05, 0) is 42.8 Å². The van der Waals surface area contributed by atoms with E-state index in [-0.39, 0.29) is 12.6 Å². The largest absolute Gasteiger partial charge is 0.493 e. The number of ether oxygens (including phenoxy) is 2. The first-order valence-corrected chi connectivity index (χ1v) is 10.8. The molecule has 2 aromatic rings. The van der Waals surface area contributed by atoms with Crippen molar-refractivity contribution >= 4 is 29.2 Å². The van der Waals surface area contributed by atoms with E-state index in [2.05, 4.69) is 15.1 Å². The number of imide groups is 1. The number of carbonyl (C=O) groups is 2. The van der Waals surface area contributed by atoms with Crippen molar-refractivity contribution in [2.24, 2.45) is 0 Å². The fraction of sp³-hybridized carbons (Fsp3) is 0.391. The van der Waals surface area contributed by atoms with Crippen molar-refractivity contribution < 1.29 is 19.1 Å². The van der Waals surface area contributed by atoms with Crippen molar-refractivity contribution in [1.82, 2.24) is 15.1 Å². The Morgan fingerprint density at radius 3 is 2.38 bits per heavy atom. The zero-order valence-corrected chi connectivity index (χ0v) is 19.2. The van der Waals surface area contributed by atoms with Crippen molar-refractivity contribution in [1.29, 1.82) is 0 Å². The van der Waals surface area contributed by atoms with E-state index in [0.29, 0.717) is 22.1 Å². The first-order chi connectivity index (χ1) is 15.4. The molecule has 2 aromatic carbocycles. The number of halogens is 1. The average Bonchev–Trinajstić information content (AvgIpc) is 3.03. The van der Waals surface area contributed by atoms with E-state index < -0.39 is 11.6 Å². The van der Waals surface area contributed by atoms with Gasteiger partial charge < -0.3 is 19.7 Å². The van der Waals surface area contributed by atoms with E-state index in [0.717, 1.165) is 31.9 Å². The van der Waals surface area contributed by atoms with Crippen LogP contribution in [0.25, 0.3) is 0 Å². The van der Waals surface area contributed by atoms with Gasteiger partial charge in [0.05, 0.1) is 20.9 Å². The minimum atomic E-state index is -1.17. The Morgan fingerprint density at radius 2 is 1.72 bits per heavy atom. The molecule has 1 atom stereocenters. The van der Waals surface area contributed by atoms with Crippen LogP contribution in [0.2, 0.25) is 5.02 Å². The van der Waals surface area contributed by atoms with Crippen LogP contribution in [0.3, 0.4) is 0 Å². The molecule has 4 rings (SSSR count). The van der Waals surface area contributed by atoms with Crippen molar-refractivity contribution in [2.75, 3.05) is 52.0 Å². The van der Waals surface area contributed by atoms with Gasteiger partial charge in [-0.2, -0.15) is 0 Å². The molecule has 0 unspecified atom stereocenters. The van der Waals surface area contributed by atoms with E-state index >= 15 is 0 Å². The van der Waals surface area contributed by atoms with Crippen LogP contribution in [0.1, 0.15) is 12.5 Å². The number of nitrogens with one attached hydrogen (secondary N) is 1. The second-order valence-electron chi connectivity index (χ2n) is 8.08. The van der Waals surface area contributed by atoms with Crippen LogP contribution in [0.15, 0.2) is 42.5 Å². The summed E-state index contributed by atoms with van der Waals surface area (Å²) < 4.78 is 10.6. The Hall–Kier alpha value is -2.97. The lowest BCUT2D eigenvalue weighted by Gasteiger charge is -2.37. The standard InChI is InChI=1S/C23H27ClN4O4/c1-23(16-7-8-19(31-2)20(13-16)32-3)21(29)28(22(30)25-23)15-26-9-11-27(12-10-26)18-6-4-5-17(24)14-18/h4-8,13-14H,9-12,15H2,1-3H3,(H,25,30)/t23-/m0/s1. The van der Waals surface area contributed by atoms with E-state index in [1.807, 2.05) is 24.3 Å². The number of urea groups is 1. The van der Waals surface area contributed by atoms with E-state index in [1.54, 1.807) is 32.2 Å². The van der Waals surface area contributed by atoms with Crippen LogP contribution in [-0.4, -0.2) is 68.8 Å². The van der Waals surface area contributed by atoms with Gasteiger partial charge in [0.1, 0.15) is 5.54 Å². The van der Waals surface area contributed by atoms with Crippen LogP contribution >= 0.6 is 11.6 Å². The Bertz CT molecular complexity index is 1020. The molecule has 2 aliphatic heterocycles. The number of benzene rings is 2. The molecule has 170 valence electrons. The molecule has 0 saturated carbocycles. The fourth-order valence-corrected chi connectivity index (χ4v) is 4.37. The molecule has 2 saturated heterocycles. The molecule has 3 amide bonds. The van der Waals surface area contributed by atoms with Crippen LogP contribution in [0.5, 0.6) is 11.5 Å². The smallest absolute Gasteiger partial charge is 0.326 e. The first kappa shape index (κ1) is 22.2. The topological polar surface area (TPSA) is 74.4 Å². The molecular weight excluding hydrogens is 432 g/mol. The molecule has 1 N–H and O–H groups in total. The van der Waals surface area contributed by atoms with Crippen molar-refractivity contribution in [3.8, 4) is 11.5 Å². The second kappa shape index (κ2) is 8.88. The summed E-state index contributed by atoms with van der Waals surface area (Å²) in [5.74, 6) is 0.780. The Balaban J connectivity index is 1.44. The predicted molar refractivity (Wildman–Crippen MR) is 122 cm³/mol. The van der Waals surface area contributed by atoms with Crippen LogP contribution < -0.4 is 19.7 Å². The number of rotatable bonds is 6. The molecule has 2 fully saturated rings. The molecule has 2 aliphatic rings. The van der Waals surface area contributed by atoms with Crippen LogP contribution in [0.4, 0.5) is 10.5 Å². The number of carbonyl (C=O) groups excluding carboxylic acids is 2. The van der Waals surface area contributed by atoms with Gasteiger partial charge in [0.15, 0.2) is 11.5 Å². The SMILES string of the molecule is COc1ccc([C@]2(C)NC(=O)N(CN3CCN(c4cccc(Cl)c4)CC3)C2=O)cc1OC. The van der Waals surface area contributed by atoms with E-state index in [4.69, 9.17) is 21.1 Å². The lowest BCUT2D eigenvalue weighted by molar-refractivity contribution is -0.132. The first-order valence-electron chi connectivity index (χ1n) is 10.4. The number of methoxy groups -OCH3 is 2. The quantitative estimate of drug-likeness (QED) is 0.671. The van der Waals surface area contributed by atoms with Gasteiger partial charge in [-0.1, -0.05) is 23.7 Å². The number of anilines is 1. The van der Waals surface area contributed by atoms with E-state index in [1.165, 1.54) is 12.0 Å². The molecule has 0 aliphatic carbocycles. The van der Waals surface area contributed by atoms with Crippen LogP contribution in [-0.2, 0) is 10.3 Å². The van der Waals surface area contributed by atoms with Gasteiger partial charge >= 0.3 is 6.03 Å². The minimum Gasteiger partial charge on any atom is -0.493 e. The zero-order valence-electron chi connectivity index (χ0n) is 18.4. The summed E-state index contributed by atoms with van der Waals surface area (Å²) >= 11 is 6.11. The van der Waals surface area contributed by atoms with Crippen molar-refractivity contribution in [2.45, 2.75) is 12.5 Å². The summed E-state index contributed by atoms with van der Waals surface area (Å²) in [4.78, 5) is 31.7. The third-order valence-corrected chi connectivity index (χ3v) is 6.36. The molecule has 8 nitrogen and oxygen atoms in total. The van der Waals surface area contributed by atoms with Crippen molar-refractivity contribution in [3.63, 3.8) is 0 Å². The fourth-order valence-electron chi connectivity index (χ4n) is 4.19. The highest BCUT2D eigenvalue weighted by molar-refractivity contribution is 6.30. The summed E-state index contributed by atoms with van der Waals surface area (Å²) in [5.41, 5.74) is 0.550. The van der Waals surface area contributed by atoms with Gasteiger partial charge in [-0.15, -0.1) is 0 Å². The molecule has 9 heteroatoms. The molecule has 0 aromatic heterocycles. The number of piperazine rings is 1. The predicted octanol–water partition coefficient (Wildman–Crippen LogP) is 2.90. The number of hydrogen-bond acceptors (Lipinski definition) is 6. The molecule has 32 heavy (non-hydrogen) atoms. The summed E-state index contributed by atoms with van der Waals surface area (Å²) in [6.45, 7) is 5.00. The lowest BCUT2D eigenvalue weighted by atomic mass is 9.91. The second-order valence-corrected chi connectivity index (χ2v) is 8.52. The highest BCUT2D eigenvalue weighted by atomic mass is 35.5. The molecule has 0 spiro atoms. The third kappa shape index (κ3) is 4.08. The van der Waals surface area contributed by atoms with E-state index in [9.17, 15) is 9.59 Å². The summed E-state index contributed by atoms with van der Waals surface area (Å²) in [7, 11) is 3.09. The average molecular weight is 459 g/mol. The van der Waals surface area contributed by atoms with Gasteiger partial charge in [0.25, 0.3) is 5.91 Å². The maximum absolute atomic E-state index is 13.3. The molecule has 0 bridgehead atoms.